The van der Waals surface area contributed by atoms with Gasteiger partial charge < -0.3 is 4.42 Å². The monoisotopic (exact) mass is 407 g/mol. The molecule has 1 amide bonds. The van der Waals surface area contributed by atoms with E-state index in [0.717, 1.165) is 0 Å². The summed E-state index contributed by atoms with van der Waals surface area (Å²) in [5.74, 6) is -1.30. The highest BCUT2D eigenvalue weighted by Gasteiger charge is 2.45. The van der Waals surface area contributed by atoms with E-state index >= 15 is 0 Å². The van der Waals surface area contributed by atoms with Gasteiger partial charge in [-0.1, -0.05) is 29.8 Å². The average molecular weight is 408 g/mol. The molecule has 3 heterocycles. The Kier molecular flexibility index (Phi) is 3.92. The molecule has 0 N–H and O–H groups in total. The van der Waals surface area contributed by atoms with Crippen molar-refractivity contribution >= 4 is 34.4 Å². The highest BCUT2D eigenvalue weighted by atomic mass is 35.5. The lowest BCUT2D eigenvalue weighted by Gasteiger charge is -2.23. The fraction of sp³-hybridized carbons (Fsp3) is 0.0476. The molecule has 1 atom stereocenters. The molecule has 0 aliphatic carbocycles. The molecule has 6 nitrogen and oxygen atoms in total. The smallest absolute Gasteiger partial charge is 0.297 e. The second-order valence-electron chi connectivity index (χ2n) is 6.46. The maximum Gasteiger partial charge on any atom is 0.297 e. The number of hydrogen-bond donors (Lipinski definition) is 0. The maximum absolute atomic E-state index is 14.7. The van der Waals surface area contributed by atoms with Crippen LogP contribution in [0.1, 0.15) is 27.7 Å². The maximum atomic E-state index is 14.7. The molecule has 5 rings (SSSR count). The van der Waals surface area contributed by atoms with Gasteiger partial charge in [-0.2, -0.15) is 0 Å². The molecule has 0 unspecified atom stereocenters. The van der Waals surface area contributed by atoms with Gasteiger partial charge in [0.15, 0.2) is 5.43 Å². The lowest BCUT2D eigenvalue weighted by molar-refractivity contribution is 0.0969. The van der Waals surface area contributed by atoms with Crippen LogP contribution in [0.2, 0.25) is 5.02 Å². The number of nitrogens with zero attached hydrogens (tertiary/aromatic N) is 3. The van der Waals surface area contributed by atoms with Gasteiger partial charge in [0.2, 0.25) is 11.7 Å². The first kappa shape index (κ1) is 17.5. The van der Waals surface area contributed by atoms with Crippen molar-refractivity contribution in [1.29, 1.82) is 0 Å². The van der Waals surface area contributed by atoms with Crippen LogP contribution >= 0.6 is 11.6 Å². The van der Waals surface area contributed by atoms with Crippen LogP contribution < -0.4 is 10.3 Å². The molecule has 0 bridgehead atoms. The topological polar surface area (TPSA) is 76.3 Å². The van der Waals surface area contributed by atoms with Gasteiger partial charge in [0.25, 0.3) is 5.91 Å². The molecule has 2 aromatic heterocycles. The molecular weight excluding hydrogens is 397 g/mol. The zero-order valence-electron chi connectivity index (χ0n) is 14.7. The van der Waals surface area contributed by atoms with Gasteiger partial charge in [0.1, 0.15) is 17.4 Å². The summed E-state index contributed by atoms with van der Waals surface area (Å²) in [5.41, 5.74) is -0.0681. The summed E-state index contributed by atoms with van der Waals surface area (Å²) in [7, 11) is 0. The Hall–Kier alpha value is -3.58. The Labute approximate surface area is 168 Å². The van der Waals surface area contributed by atoms with E-state index in [1.54, 1.807) is 18.2 Å². The van der Waals surface area contributed by atoms with E-state index in [9.17, 15) is 14.0 Å². The zero-order valence-corrected chi connectivity index (χ0v) is 15.4. The molecule has 0 saturated carbocycles. The van der Waals surface area contributed by atoms with Crippen molar-refractivity contribution in [2.24, 2.45) is 0 Å². The van der Waals surface area contributed by atoms with Crippen LogP contribution in [0.25, 0.3) is 11.0 Å². The number of rotatable bonds is 2. The number of aromatic nitrogens is 2. The Morgan fingerprint density at radius 1 is 1.03 bits per heavy atom. The van der Waals surface area contributed by atoms with E-state index in [0.29, 0.717) is 5.02 Å². The Balaban J connectivity index is 1.86. The van der Waals surface area contributed by atoms with Gasteiger partial charge in [-0.3, -0.25) is 14.5 Å². The third-order valence-electron chi connectivity index (χ3n) is 4.80. The molecule has 142 valence electrons. The predicted molar refractivity (Wildman–Crippen MR) is 105 cm³/mol. The van der Waals surface area contributed by atoms with Crippen molar-refractivity contribution in [2.45, 2.75) is 6.04 Å². The Morgan fingerprint density at radius 3 is 2.55 bits per heavy atom. The Morgan fingerprint density at radius 2 is 1.79 bits per heavy atom. The van der Waals surface area contributed by atoms with Gasteiger partial charge in [0, 0.05) is 23.0 Å². The molecule has 0 radical (unpaired) electrons. The summed E-state index contributed by atoms with van der Waals surface area (Å²) in [6.45, 7) is 0. The molecule has 8 heteroatoms. The molecule has 1 aliphatic rings. The Bertz CT molecular complexity index is 1340. The number of halogens is 2. The van der Waals surface area contributed by atoms with Crippen molar-refractivity contribution in [3.8, 4) is 0 Å². The highest BCUT2D eigenvalue weighted by Crippen LogP contribution is 2.40. The van der Waals surface area contributed by atoms with E-state index < -0.39 is 23.2 Å². The van der Waals surface area contributed by atoms with Crippen molar-refractivity contribution in [3.05, 3.63) is 98.9 Å². The molecule has 4 aromatic rings. The first-order valence-electron chi connectivity index (χ1n) is 8.67. The molecule has 0 spiro atoms. The summed E-state index contributed by atoms with van der Waals surface area (Å²) in [5, 5.41) is 0.556. The van der Waals surface area contributed by atoms with Gasteiger partial charge >= 0.3 is 0 Å². The summed E-state index contributed by atoms with van der Waals surface area (Å²) in [6.07, 6.45) is 2.92. The third kappa shape index (κ3) is 2.62. The van der Waals surface area contributed by atoms with E-state index in [4.69, 9.17) is 16.0 Å². The molecule has 1 aliphatic heterocycles. The average Bonchev–Trinajstić information content (AvgIpc) is 3.02. The second-order valence-corrected chi connectivity index (χ2v) is 6.90. The lowest BCUT2D eigenvalue weighted by Crippen LogP contribution is -2.31. The van der Waals surface area contributed by atoms with Crippen molar-refractivity contribution in [2.75, 3.05) is 4.90 Å². The molecule has 2 aromatic carbocycles. The van der Waals surface area contributed by atoms with E-state index in [1.807, 2.05) is 0 Å². The van der Waals surface area contributed by atoms with Crippen LogP contribution in [0, 0.1) is 5.82 Å². The van der Waals surface area contributed by atoms with Crippen LogP contribution in [0.15, 0.2) is 70.1 Å². The van der Waals surface area contributed by atoms with Gasteiger partial charge in [-0.05, 0) is 30.3 Å². The van der Waals surface area contributed by atoms with E-state index in [2.05, 4.69) is 9.97 Å². The van der Waals surface area contributed by atoms with Crippen LogP contribution in [0.3, 0.4) is 0 Å². The summed E-state index contributed by atoms with van der Waals surface area (Å²) in [4.78, 5) is 36.0. The predicted octanol–water partition coefficient (Wildman–Crippen LogP) is 4.13. The van der Waals surface area contributed by atoms with Crippen molar-refractivity contribution in [3.63, 3.8) is 0 Å². The number of anilines is 1. The minimum absolute atomic E-state index is 0.0299. The third-order valence-corrected chi connectivity index (χ3v) is 5.03. The minimum Gasteiger partial charge on any atom is -0.450 e. The minimum atomic E-state index is -1.07. The normalized spacial score (nSPS) is 15.7. The largest absolute Gasteiger partial charge is 0.450 e. The number of amides is 1. The first-order valence-corrected chi connectivity index (χ1v) is 9.05. The van der Waals surface area contributed by atoms with Crippen LogP contribution in [0.4, 0.5) is 10.3 Å². The van der Waals surface area contributed by atoms with Crippen molar-refractivity contribution < 1.29 is 13.6 Å². The van der Waals surface area contributed by atoms with Crippen LogP contribution in [-0.2, 0) is 0 Å². The van der Waals surface area contributed by atoms with E-state index in [1.165, 1.54) is 47.6 Å². The molecule has 0 saturated heterocycles. The van der Waals surface area contributed by atoms with E-state index in [-0.39, 0.29) is 33.8 Å². The number of hydrogen-bond acceptors (Lipinski definition) is 5. The molecular formula is C21H11ClFN3O3. The van der Waals surface area contributed by atoms with Gasteiger partial charge in [-0.25, -0.2) is 14.4 Å². The first-order chi connectivity index (χ1) is 14.1. The molecule has 29 heavy (non-hydrogen) atoms. The second kappa shape index (κ2) is 6.49. The van der Waals surface area contributed by atoms with Crippen LogP contribution in [-0.4, -0.2) is 15.9 Å². The number of carbonyl (C=O) groups excluding carboxylic acids is 1. The fourth-order valence-electron chi connectivity index (χ4n) is 3.56. The summed E-state index contributed by atoms with van der Waals surface area (Å²) < 4.78 is 20.5. The SMILES string of the molecule is O=C1c2oc3ccc(Cl)cc3c(=O)c2[C@H](c2ccccc2F)N1c1ncccn1. The van der Waals surface area contributed by atoms with Crippen LogP contribution in [0.5, 0.6) is 0 Å². The van der Waals surface area contributed by atoms with Gasteiger partial charge in [-0.15, -0.1) is 0 Å². The zero-order chi connectivity index (χ0) is 20.1. The van der Waals surface area contributed by atoms with Crippen molar-refractivity contribution in [1.82, 2.24) is 9.97 Å². The highest BCUT2D eigenvalue weighted by molar-refractivity contribution is 6.31. The number of benzene rings is 2. The number of fused-ring (bicyclic) bond motifs is 2. The number of carbonyl (C=O) groups is 1. The fourth-order valence-corrected chi connectivity index (χ4v) is 3.73. The quantitative estimate of drug-likeness (QED) is 0.499. The summed E-state index contributed by atoms with van der Waals surface area (Å²) in [6, 6.07) is 11.0. The van der Waals surface area contributed by atoms with Gasteiger partial charge in [0.05, 0.1) is 10.9 Å². The standard InChI is InChI=1S/C21H11ClFN3O3/c22-11-6-7-15-13(10-11)18(27)16-17(12-4-1-2-5-14(12)23)26(20(28)19(16)29-15)21-24-8-3-9-25-21/h1-10,17H/t17-/m0/s1. The lowest BCUT2D eigenvalue weighted by atomic mass is 9.98. The summed E-state index contributed by atoms with van der Waals surface area (Å²) >= 11 is 6.04. The molecule has 0 fully saturated rings.